The summed E-state index contributed by atoms with van der Waals surface area (Å²) < 4.78 is 0.408. The molecule has 27 heavy (non-hydrogen) atoms. The van der Waals surface area contributed by atoms with Gasteiger partial charge in [-0.3, -0.25) is 4.79 Å². The second kappa shape index (κ2) is 13.4. The summed E-state index contributed by atoms with van der Waals surface area (Å²) in [4.78, 5) is 15.1. The van der Waals surface area contributed by atoms with Crippen LogP contribution in [0.15, 0.2) is 70.5 Å². The molecular formula is C23H30OS3. The fraction of sp³-hybridized carbons (Fsp3) is 0.435. The van der Waals surface area contributed by atoms with Crippen LogP contribution in [0, 0.1) is 5.92 Å². The Morgan fingerprint density at radius 1 is 0.852 bits per heavy atom. The third-order valence-electron chi connectivity index (χ3n) is 4.35. The first-order chi connectivity index (χ1) is 13.2. The van der Waals surface area contributed by atoms with Crippen LogP contribution >= 0.6 is 35.3 Å². The second-order valence-electron chi connectivity index (χ2n) is 6.49. The number of unbranched alkanes of at least 4 members (excludes halogenated alkanes) is 1. The summed E-state index contributed by atoms with van der Waals surface area (Å²) in [5.41, 5.74) is 0. The van der Waals surface area contributed by atoms with E-state index in [0.717, 1.165) is 37.9 Å². The van der Waals surface area contributed by atoms with Crippen molar-refractivity contribution < 1.29 is 4.79 Å². The fourth-order valence-electron chi connectivity index (χ4n) is 2.76. The van der Waals surface area contributed by atoms with Crippen LogP contribution in [-0.2, 0) is 4.79 Å². The van der Waals surface area contributed by atoms with Crippen molar-refractivity contribution in [2.75, 3.05) is 5.75 Å². The third kappa shape index (κ3) is 8.80. The largest absolute Gasteiger partial charge is 0.287 e. The molecule has 0 heterocycles. The fourth-order valence-corrected chi connectivity index (χ4v) is 6.70. The molecular weight excluding hydrogens is 388 g/mol. The number of carbonyl (C=O) groups is 1. The van der Waals surface area contributed by atoms with Gasteiger partial charge in [0.05, 0.1) is 4.58 Å². The van der Waals surface area contributed by atoms with Gasteiger partial charge in [-0.15, -0.1) is 23.5 Å². The lowest BCUT2D eigenvalue weighted by molar-refractivity contribution is -0.114. The molecule has 1 nitrogen and oxygen atoms in total. The maximum absolute atomic E-state index is 12.5. The highest BCUT2D eigenvalue weighted by molar-refractivity contribution is 8.17. The van der Waals surface area contributed by atoms with Crippen LogP contribution in [0.2, 0.25) is 0 Å². The minimum atomic E-state index is 0.233. The van der Waals surface area contributed by atoms with Gasteiger partial charge in [0.1, 0.15) is 0 Å². The van der Waals surface area contributed by atoms with E-state index >= 15 is 0 Å². The van der Waals surface area contributed by atoms with Gasteiger partial charge in [-0.1, -0.05) is 74.8 Å². The van der Waals surface area contributed by atoms with Crippen molar-refractivity contribution in [1.29, 1.82) is 0 Å². The lowest BCUT2D eigenvalue weighted by Gasteiger charge is -2.17. The molecule has 0 aliphatic rings. The van der Waals surface area contributed by atoms with Gasteiger partial charge < -0.3 is 0 Å². The summed E-state index contributed by atoms with van der Waals surface area (Å²) in [5, 5.41) is 0.388. The normalized spacial score (nSPS) is 12.3. The Labute approximate surface area is 177 Å². The molecule has 0 fully saturated rings. The lowest BCUT2D eigenvalue weighted by atomic mass is 10.0. The van der Waals surface area contributed by atoms with Crippen molar-refractivity contribution in [3.8, 4) is 0 Å². The van der Waals surface area contributed by atoms with Gasteiger partial charge in [0.2, 0.25) is 0 Å². The Bertz CT molecular complexity index is 604. The summed E-state index contributed by atoms with van der Waals surface area (Å²) in [6.07, 6.45) is 5.34. The third-order valence-corrected chi connectivity index (χ3v) is 8.07. The molecule has 0 radical (unpaired) electrons. The first-order valence-electron chi connectivity index (χ1n) is 9.83. The molecule has 1 unspecified atom stereocenters. The molecule has 0 spiro atoms. The molecule has 2 rings (SSSR count). The van der Waals surface area contributed by atoms with E-state index in [1.54, 1.807) is 11.8 Å². The van der Waals surface area contributed by atoms with Crippen LogP contribution in [0.1, 0.15) is 46.0 Å². The Balaban J connectivity index is 1.90. The predicted molar refractivity (Wildman–Crippen MR) is 124 cm³/mol. The number of rotatable bonds is 12. The molecule has 0 aliphatic heterocycles. The Kier molecular flexibility index (Phi) is 11.1. The summed E-state index contributed by atoms with van der Waals surface area (Å²) in [6, 6.07) is 21.1. The first kappa shape index (κ1) is 22.4. The summed E-state index contributed by atoms with van der Waals surface area (Å²) >= 11 is 5.35. The van der Waals surface area contributed by atoms with Crippen LogP contribution in [0.25, 0.3) is 0 Å². The molecule has 2 aromatic carbocycles. The molecule has 0 saturated carbocycles. The van der Waals surface area contributed by atoms with Gasteiger partial charge >= 0.3 is 0 Å². The maximum atomic E-state index is 12.5. The van der Waals surface area contributed by atoms with Crippen molar-refractivity contribution in [1.82, 2.24) is 0 Å². The summed E-state index contributed by atoms with van der Waals surface area (Å²) in [6.45, 7) is 4.33. The van der Waals surface area contributed by atoms with Crippen molar-refractivity contribution in [3.05, 3.63) is 60.7 Å². The number of thioether (sulfide) groups is 3. The SMILES string of the molecule is CCCCC(CC)C(=O)SCCC(Sc1ccccc1)Sc1ccccc1. The molecule has 0 amide bonds. The Morgan fingerprint density at radius 2 is 1.41 bits per heavy atom. The molecule has 146 valence electrons. The van der Waals surface area contributed by atoms with Gasteiger partial charge in [-0.05, 0) is 43.5 Å². The van der Waals surface area contributed by atoms with Gasteiger partial charge in [-0.25, -0.2) is 0 Å². The highest BCUT2D eigenvalue weighted by Gasteiger charge is 2.18. The molecule has 1 atom stereocenters. The molecule has 0 bridgehead atoms. The summed E-state index contributed by atoms with van der Waals surface area (Å²) in [5.74, 6) is 1.13. The minimum absolute atomic E-state index is 0.233. The highest BCUT2D eigenvalue weighted by atomic mass is 32.2. The topological polar surface area (TPSA) is 17.1 Å². The number of hydrogen-bond donors (Lipinski definition) is 0. The average Bonchev–Trinajstić information content (AvgIpc) is 2.70. The zero-order valence-electron chi connectivity index (χ0n) is 16.3. The maximum Gasteiger partial charge on any atom is 0.192 e. The van der Waals surface area contributed by atoms with Crippen LogP contribution in [0.5, 0.6) is 0 Å². The minimum Gasteiger partial charge on any atom is -0.287 e. The lowest BCUT2D eigenvalue weighted by Crippen LogP contribution is -2.11. The van der Waals surface area contributed by atoms with E-state index in [9.17, 15) is 4.79 Å². The highest BCUT2D eigenvalue weighted by Crippen LogP contribution is 2.38. The standard InChI is InChI=1S/C23H30OS3/c1-3-5-12-19(4-2)23(24)25-18-17-22(26-20-13-8-6-9-14-20)27-21-15-10-7-11-16-21/h6-11,13-16,19,22H,3-5,12,17-18H2,1-2H3. The van der Waals surface area contributed by atoms with Gasteiger partial charge in [0.25, 0.3) is 0 Å². The van der Waals surface area contributed by atoms with Gasteiger partial charge in [-0.2, -0.15) is 0 Å². The molecule has 0 N–H and O–H groups in total. The zero-order chi connectivity index (χ0) is 19.3. The van der Waals surface area contributed by atoms with Crippen molar-refractivity contribution >= 4 is 40.4 Å². The van der Waals surface area contributed by atoms with Gasteiger partial charge in [0.15, 0.2) is 5.12 Å². The van der Waals surface area contributed by atoms with E-state index in [1.807, 2.05) is 23.5 Å². The molecule has 0 aliphatic carbocycles. The van der Waals surface area contributed by atoms with E-state index in [2.05, 4.69) is 74.5 Å². The van der Waals surface area contributed by atoms with Crippen LogP contribution in [0.3, 0.4) is 0 Å². The molecule has 0 saturated heterocycles. The summed E-state index contributed by atoms with van der Waals surface area (Å²) in [7, 11) is 0. The van der Waals surface area contributed by atoms with E-state index in [0.29, 0.717) is 9.70 Å². The van der Waals surface area contributed by atoms with E-state index in [4.69, 9.17) is 0 Å². The van der Waals surface area contributed by atoms with Crippen LogP contribution < -0.4 is 0 Å². The van der Waals surface area contributed by atoms with E-state index < -0.39 is 0 Å². The van der Waals surface area contributed by atoms with Crippen molar-refractivity contribution in [2.24, 2.45) is 5.92 Å². The molecule has 0 aromatic heterocycles. The predicted octanol–water partition coefficient (Wildman–Crippen LogP) is 7.76. The van der Waals surface area contributed by atoms with E-state index in [1.165, 1.54) is 9.79 Å². The smallest absolute Gasteiger partial charge is 0.192 e. The molecule has 2 aromatic rings. The van der Waals surface area contributed by atoms with Crippen LogP contribution in [0.4, 0.5) is 0 Å². The van der Waals surface area contributed by atoms with Crippen molar-refractivity contribution in [2.45, 2.75) is 60.3 Å². The molecule has 4 heteroatoms. The van der Waals surface area contributed by atoms with E-state index in [-0.39, 0.29) is 5.92 Å². The number of benzene rings is 2. The first-order valence-corrected chi connectivity index (χ1v) is 12.6. The quantitative estimate of drug-likeness (QED) is 0.258. The number of carbonyl (C=O) groups excluding carboxylic acids is 1. The Morgan fingerprint density at radius 3 is 1.89 bits per heavy atom. The number of hydrogen-bond acceptors (Lipinski definition) is 4. The monoisotopic (exact) mass is 418 g/mol. The van der Waals surface area contributed by atoms with Gasteiger partial charge in [0, 0.05) is 21.5 Å². The van der Waals surface area contributed by atoms with Crippen molar-refractivity contribution in [3.63, 3.8) is 0 Å². The zero-order valence-corrected chi connectivity index (χ0v) is 18.8. The van der Waals surface area contributed by atoms with Crippen LogP contribution in [-0.4, -0.2) is 15.5 Å². The Hall–Kier alpha value is -0.840. The average molecular weight is 419 g/mol. The second-order valence-corrected chi connectivity index (χ2v) is 10.4.